The third-order valence-electron chi connectivity index (χ3n) is 1.18. The van der Waals surface area contributed by atoms with Gasteiger partial charge in [0, 0.05) is 0 Å². The summed E-state index contributed by atoms with van der Waals surface area (Å²) in [4.78, 5) is 0. The summed E-state index contributed by atoms with van der Waals surface area (Å²) in [5.74, 6) is 0. The zero-order valence-corrected chi connectivity index (χ0v) is 11.0. The lowest BCUT2D eigenvalue weighted by Gasteiger charge is -2.31. The molecule has 10 heavy (non-hydrogen) atoms. The van der Waals surface area contributed by atoms with Crippen LogP contribution < -0.4 is 0 Å². The van der Waals surface area contributed by atoms with E-state index in [0.29, 0.717) is 0 Å². The van der Waals surface area contributed by atoms with Gasteiger partial charge in [0.1, 0.15) is 0 Å². The molecule has 0 aliphatic carbocycles. The van der Waals surface area contributed by atoms with Crippen LogP contribution in [-0.2, 0) is 0 Å². The molecule has 0 bridgehead atoms. The molecular weight excluding hydrogens is 248 g/mol. The van der Waals surface area contributed by atoms with E-state index in [9.17, 15) is 0 Å². The normalized spacial score (nSPS) is 14.4. The number of hydrogen-bond acceptors (Lipinski definition) is 1. The van der Waals surface area contributed by atoms with Gasteiger partial charge in [-0.15, -0.1) is 44.3 Å². The summed E-state index contributed by atoms with van der Waals surface area (Å²) in [5, 5.41) is 0. The van der Waals surface area contributed by atoms with Gasteiger partial charge in [-0.3, -0.25) is 0 Å². The van der Waals surface area contributed by atoms with Crippen molar-refractivity contribution in [1.82, 2.24) is 4.23 Å². The zero-order chi connectivity index (χ0) is 8.58. The maximum atomic E-state index is 5.86. The van der Waals surface area contributed by atoms with E-state index in [2.05, 4.69) is 0 Å². The highest BCUT2D eigenvalue weighted by Gasteiger charge is 2.40. The Morgan fingerprint density at radius 3 is 1.10 bits per heavy atom. The van der Waals surface area contributed by atoms with Gasteiger partial charge in [-0.1, -0.05) is 0 Å². The van der Waals surface area contributed by atoms with Crippen LogP contribution in [0.25, 0.3) is 0 Å². The molecule has 0 fully saturated rings. The van der Waals surface area contributed by atoms with Gasteiger partial charge >= 0.3 is 13.7 Å². The quantitative estimate of drug-likeness (QED) is 0.543. The molecule has 0 radical (unpaired) electrons. The third kappa shape index (κ3) is 3.81. The first-order valence-electron chi connectivity index (χ1n) is 2.65. The molecule has 0 aliphatic rings. The molecule has 1 nitrogen and oxygen atoms in total. The molecule has 0 unspecified atom stereocenters. The van der Waals surface area contributed by atoms with Gasteiger partial charge in [-0.25, -0.2) is 0 Å². The van der Waals surface area contributed by atoms with Gasteiger partial charge in [0.2, 0.25) is 0 Å². The largest absolute Gasteiger partial charge is 0.317 e. The lowest BCUT2D eigenvalue weighted by Crippen LogP contribution is -2.51. The molecule has 0 aromatic rings. The molecule has 7 heteroatoms. The second-order valence-corrected chi connectivity index (χ2v) is 17.4. The minimum atomic E-state index is -2.32. The van der Waals surface area contributed by atoms with Crippen LogP contribution in [0.1, 0.15) is 0 Å². The topological polar surface area (TPSA) is 3.24 Å². The highest BCUT2D eigenvalue weighted by Crippen LogP contribution is 2.28. The Hall–Kier alpha value is 1.55. The van der Waals surface area contributed by atoms with Crippen LogP contribution in [0.15, 0.2) is 0 Å². The minimum Gasteiger partial charge on any atom is -0.301 e. The average molecular weight is 257 g/mol. The van der Waals surface area contributed by atoms with Gasteiger partial charge in [-0.05, 0) is 20.1 Å². The van der Waals surface area contributed by atoms with E-state index in [1.807, 2.05) is 0 Å². The van der Waals surface area contributed by atoms with E-state index >= 15 is 0 Å². The first-order valence-corrected chi connectivity index (χ1v) is 11.6. The van der Waals surface area contributed by atoms with Crippen molar-refractivity contribution in [2.45, 2.75) is 13.1 Å². The Labute approximate surface area is 82.2 Å². The van der Waals surface area contributed by atoms with Crippen LogP contribution in [0.4, 0.5) is 0 Å². The van der Waals surface area contributed by atoms with Crippen LogP contribution in [0.5, 0.6) is 0 Å². The SMILES string of the molecule is CN([Si](C)(Cl)Cl)[Si](C)(Cl)Cl. The van der Waals surface area contributed by atoms with Crippen LogP contribution in [0, 0.1) is 0 Å². The third-order valence-corrected chi connectivity index (χ3v) is 11.0. The molecule has 62 valence electrons. The van der Waals surface area contributed by atoms with Crippen LogP contribution in [-0.4, -0.2) is 25.0 Å². The molecule has 0 heterocycles. The predicted molar refractivity (Wildman–Crippen MR) is 54.4 cm³/mol. The average Bonchev–Trinajstić information content (AvgIpc) is 1.59. The molecule has 0 aromatic carbocycles. The van der Waals surface area contributed by atoms with Crippen molar-refractivity contribution in [1.29, 1.82) is 0 Å². The Morgan fingerprint density at radius 2 is 1.10 bits per heavy atom. The molecule has 0 aromatic heterocycles. The molecule has 0 atom stereocenters. The number of nitrogens with zero attached hydrogens (tertiary/aromatic N) is 1. The number of rotatable bonds is 2. The molecular formula is C3H9Cl4NSi2. The van der Waals surface area contributed by atoms with Crippen molar-refractivity contribution in [2.75, 3.05) is 7.05 Å². The Morgan fingerprint density at radius 1 is 0.900 bits per heavy atom. The van der Waals surface area contributed by atoms with E-state index in [-0.39, 0.29) is 0 Å². The summed E-state index contributed by atoms with van der Waals surface area (Å²) >= 11 is 23.5. The van der Waals surface area contributed by atoms with Crippen molar-refractivity contribution >= 4 is 58.0 Å². The predicted octanol–water partition coefficient (Wildman–Crippen LogP) is 3.01. The fraction of sp³-hybridized carbons (Fsp3) is 1.00. The monoisotopic (exact) mass is 255 g/mol. The number of halogens is 4. The van der Waals surface area contributed by atoms with Gasteiger partial charge in [0.25, 0.3) is 0 Å². The van der Waals surface area contributed by atoms with E-state index in [4.69, 9.17) is 44.3 Å². The van der Waals surface area contributed by atoms with Gasteiger partial charge in [0.05, 0.1) is 0 Å². The van der Waals surface area contributed by atoms with E-state index in [1.54, 1.807) is 24.4 Å². The minimum absolute atomic E-state index is 1.71. The second kappa shape index (κ2) is 3.52. The maximum Gasteiger partial charge on any atom is 0.317 e. The van der Waals surface area contributed by atoms with Gasteiger partial charge < -0.3 is 4.23 Å². The van der Waals surface area contributed by atoms with Crippen LogP contribution in [0.2, 0.25) is 13.1 Å². The highest BCUT2D eigenvalue weighted by molar-refractivity contribution is 7.53. The molecule has 0 aliphatic heterocycles. The lowest BCUT2D eigenvalue weighted by molar-refractivity contribution is 0.822. The summed E-state index contributed by atoms with van der Waals surface area (Å²) in [6.07, 6.45) is 0. The summed E-state index contributed by atoms with van der Waals surface area (Å²) in [7, 11) is 1.76. The van der Waals surface area contributed by atoms with Gasteiger partial charge in [-0.2, -0.15) is 0 Å². The van der Waals surface area contributed by atoms with Crippen molar-refractivity contribution in [3.8, 4) is 0 Å². The van der Waals surface area contributed by atoms with E-state index in [1.165, 1.54) is 0 Å². The first-order chi connectivity index (χ1) is 4.15. The number of hydrogen-bond donors (Lipinski definition) is 0. The standard InChI is InChI=1S/C3H9Cl4NSi2/c1-8(9(2,4)5)10(3,6)7/h1-3H3. The first kappa shape index (κ1) is 11.6. The molecule has 0 saturated heterocycles. The highest BCUT2D eigenvalue weighted by atomic mass is 35.7. The van der Waals surface area contributed by atoms with E-state index in [0.717, 1.165) is 0 Å². The summed E-state index contributed by atoms with van der Waals surface area (Å²) in [6, 6.07) is 0. The maximum absolute atomic E-state index is 5.86. The van der Waals surface area contributed by atoms with E-state index < -0.39 is 13.7 Å². The smallest absolute Gasteiger partial charge is 0.301 e. The summed E-state index contributed by atoms with van der Waals surface area (Å²) in [6.45, 7) is -1.10. The Kier molecular flexibility index (Phi) is 4.06. The van der Waals surface area contributed by atoms with Crippen molar-refractivity contribution in [2.24, 2.45) is 0 Å². The molecule has 0 rings (SSSR count). The summed E-state index contributed by atoms with van der Waals surface area (Å²) < 4.78 is 1.71. The lowest BCUT2D eigenvalue weighted by atomic mass is 11.6. The van der Waals surface area contributed by atoms with Crippen molar-refractivity contribution in [3.05, 3.63) is 0 Å². The fourth-order valence-electron chi connectivity index (χ4n) is 0.345. The van der Waals surface area contributed by atoms with Crippen molar-refractivity contribution in [3.63, 3.8) is 0 Å². The molecule has 0 amide bonds. The summed E-state index contributed by atoms with van der Waals surface area (Å²) in [5.41, 5.74) is 0. The van der Waals surface area contributed by atoms with Crippen LogP contribution in [0.3, 0.4) is 0 Å². The van der Waals surface area contributed by atoms with Crippen LogP contribution >= 0.6 is 44.3 Å². The Bertz CT molecular complexity index is 103. The van der Waals surface area contributed by atoms with Gasteiger partial charge in [0.15, 0.2) is 0 Å². The molecule has 0 N–H and O–H groups in total. The second-order valence-electron chi connectivity index (χ2n) is 2.24. The molecule has 0 spiro atoms. The Balaban J connectivity index is 4.23. The van der Waals surface area contributed by atoms with Crippen molar-refractivity contribution < 1.29 is 0 Å². The molecule has 0 saturated carbocycles. The fourth-order valence-corrected chi connectivity index (χ4v) is 10.7. The zero-order valence-electron chi connectivity index (χ0n) is 5.96.